The molecule has 1 fully saturated rings. The normalized spacial score (nSPS) is 17.5. The first-order valence-corrected chi connectivity index (χ1v) is 10.7. The minimum atomic E-state index is 0.379. The first-order chi connectivity index (χ1) is 11.8. The molecule has 1 aliphatic rings. The smallest absolute Gasteiger partial charge is 0.176 e. The van der Waals surface area contributed by atoms with Crippen LogP contribution in [0.25, 0.3) is 10.3 Å². The van der Waals surface area contributed by atoms with E-state index in [9.17, 15) is 0 Å². The van der Waals surface area contributed by atoms with Gasteiger partial charge in [-0.2, -0.15) is 0 Å². The molecule has 1 saturated heterocycles. The van der Waals surface area contributed by atoms with Gasteiger partial charge in [0.1, 0.15) is 16.0 Å². The van der Waals surface area contributed by atoms with Crippen LogP contribution in [-0.4, -0.2) is 57.3 Å². The topological polar surface area (TPSA) is 58.0 Å². The van der Waals surface area contributed by atoms with Gasteiger partial charge in [0, 0.05) is 37.8 Å². The summed E-state index contributed by atoms with van der Waals surface area (Å²) in [5.41, 5.74) is 0.813. The van der Waals surface area contributed by atoms with Crippen LogP contribution in [0.5, 0.6) is 0 Å². The van der Waals surface area contributed by atoms with E-state index in [-0.39, 0.29) is 0 Å². The average Bonchev–Trinajstić information content (AvgIpc) is 3.30. The van der Waals surface area contributed by atoms with Gasteiger partial charge in [-0.15, -0.1) is 22.7 Å². The minimum Gasteiger partial charge on any atom is -0.353 e. The molecule has 0 bridgehead atoms. The molecule has 1 atom stereocenters. The van der Waals surface area contributed by atoms with E-state index < -0.39 is 0 Å². The van der Waals surface area contributed by atoms with Gasteiger partial charge in [-0.3, -0.25) is 4.90 Å². The van der Waals surface area contributed by atoms with Gasteiger partial charge in [-0.05, 0) is 13.2 Å². The van der Waals surface area contributed by atoms with Crippen molar-refractivity contribution >= 4 is 50.6 Å². The molecule has 4 rings (SSSR count). The van der Waals surface area contributed by atoms with Crippen molar-refractivity contribution in [2.75, 3.05) is 37.3 Å². The fraction of sp³-hybridized carbons (Fsp3) is 0.467. The van der Waals surface area contributed by atoms with Gasteiger partial charge in [-0.1, -0.05) is 11.8 Å². The van der Waals surface area contributed by atoms with Gasteiger partial charge < -0.3 is 4.90 Å². The predicted octanol–water partition coefficient (Wildman–Crippen LogP) is 3.15. The van der Waals surface area contributed by atoms with Crippen molar-refractivity contribution in [3.8, 4) is 0 Å². The number of thiazole rings is 2. The highest BCUT2D eigenvalue weighted by Crippen LogP contribution is 2.33. The Morgan fingerprint density at radius 3 is 2.71 bits per heavy atom. The second kappa shape index (κ2) is 6.91. The van der Waals surface area contributed by atoms with Crippen molar-refractivity contribution in [3.63, 3.8) is 0 Å². The van der Waals surface area contributed by atoms with E-state index in [1.807, 2.05) is 17.8 Å². The molecule has 3 aromatic rings. The number of hydrogen-bond acceptors (Lipinski definition) is 9. The summed E-state index contributed by atoms with van der Waals surface area (Å²) >= 11 is 5.08. The zero-order chi connectivity index (χ0) is 16.5. The van der Waals surface area contributed by atoms with Gasteiger partial charge in [0.15, 0.2) is 15.8 Å². The van der Waals surface area contributed by atoms with E-state index in [0.717, 1.165) is 46.7 Å². The highest BCUT2D eigenvalue weighted by atomic mass is 32.2. The highest BCUT2D eigenvalue weighted by molar-refractivity contribution is 8.00. The molecule has 6 nitrogen and oxygen atoms in total. The van der Waals surface area contributed by atoms with Crippen LogP contribution in [-0.2, 0) is 0 Å². The molecule has 0 aliphatic carbocycles. The Morgan fingerprint density at radius 2 is 2.00 bits per heavy atom. The third-order valence-corrected chi connectivity index (χ3v) is 7.27. The molecule has 0 radical (unpaired) electrons. The summed E-state index contributed by atoms with van der Waals surface area (Å²) in [6.45, 7) is 6.20. The van der Waals surface area contributed by atoms with Crippen molar-refractivity contribution in [2.45, 2.75) is 17.3 Å². The SMILES string of the molecule is CSc1nc2ncnc(N3CCN(C(C)c4nccs4)CC3)c2s1. The lowest BCUT2D eigenvalue weighted by atomic mass is 10.2. The number of thioether (sulfide) groups is 1. The lowest BCUT2D eigenvalue weighted by Gasteiger charge is -2.37. The quantitative estimate of drug-likeness (QED) is 0.646. The molecule has 0 aromatic carbocycles. The Hall–Kier alpha value is -1.29. The summed E-state index contributed by atoms with van der Waals surface area (Å²) in [7, 11) is 0. The summed E-state index contributed by atoms with van der Waals surface area (Å²) in [4.78, 5) is 22.7. The molecule has 126 valence electrons. The third-order valence-electron chi connectivity index (χ3n) is 4.30. The molecule has 4 heterocycles. The van der Waals surface area contributed by atoms with E-state index >= 15 is 0 Å². The maximum Gasteiger partial charge on any atom is 0.176 e. The lowest BCUT2D eigenvalue weighted by Crippen LogP contribution is -2.47. The number of fused-ring (bicyclic) bond motifs is 1. The largest absolute Gasteiger partial charge is 0.353 e. The average molecular weight is 379 g/mol. The fourth-order valence-corrected chi connectivity index (χ4v) is 5.21. The van der Waals surface area contributed by atoms with Crippen LogP contribution in [0.15, 0.2) is 22.2 Å². The number of aromatic nitrogens is 4. The zero-order valence-corrected chi connectivity index (χ0v) is 16.0. The van der Waals surface area contributed by atoms with Gasteiger partial charge in [0.25, 0.3) is 0 Å². The van der Waals surface area contributed by atoms with Gasteiger partial charge >= 0.3 is 0 Å². The Bertz CT molecular complexity index is 810. The summed E-state index contributed by atoms with van der Waals surface area (Å²) in [5.74, 6) is 1.03. The minimum absolute atomic E-state index is 0.379. The molecule has 0 N–H and O–H groups in total. The molecule has 9 heteroatoms. The molecule has 3 aromatic heterocycles. The van der Waals surface area contributed by atoms with Gasteiger partial charge in [-0.25, -0.2) is 19.9 Å². The summed E-state index contributed by atoms with van der Waals surface area (Å²) < 4.78 is 2.14. The molecule has 0 spiro atoms. The van der Waals surface area contributed by atoms with Crippen LogP contribution in [0, 0.1) is 0 Å². The number of hydrogen-bond donors (Lipinski definition) is 0. The number of rotatable bonds is 4. The number of piperazine rings is 1. The van der Waals surface area contributed by atoms with Crippen molar-refractivity contribution in [1.29, 1.82) is 0 Å². The Kier molecular flexibility index (Phi) is 4.66. The third kappa shape index (κ3) is 3.01. The summed E-state index contributed by atoms with van der Waals surface area (Å²) in [5, 5.41) is 3.24. The van der Waals surface area contributed by atoms with Gasteiger partial charge in [0.2, 0.25) is 0 Å². The Labute approximate surface area is 153 Å². The first-order valence-electron chi connectivity index (χ1n) is 7.80. The monoisotopic (exact) mass is 378 g/mol. The second-order valence-corrected chi connectivity index (χ2v) is 8.58. The second-order valence-electron chi connectivity index (χ2n) is 5.60. The maximum atomic E-state index is 4.55. The van der Waals surface area contributed by atoms with Gasteiger partial charge in [0.05, 0.1) is 6.04 Å². The van der Waals surface area contributed by atoms with E-state index in [0.29, 0.717) is 6.04 Å². The predicted molar refractivity (Wildman–Crippen MR) is 101 cm³/mol. The zero-order valence-electron chi connectivity index (χ0n) is 13.5. The van der Waals surface area contributed by atoms with E-state index in [2.05, 4.69) is 36.7 Å². The molecular weight excluding hydrogens is 360 g/mol. The Morgan fingerprint density at radius 1 is 1.17 bits per heavy atom. The van der Waals surface area contributed by atoms with Crippen molar-refractivity contribution in [1.82, 2.24) is 24.8 Å². The summed E-state index contributed by atoms with van der Waals surface area (Å²) in [6.07, 6.45) is 5.56. The summed E-state index contributed by atoms with van der Waals surface area (Å²) in [6, 6.07) is 0.379. The van der Waals surface area contributed by atoms with E-state index in [1.165, 1.54) is 5.01 Å². The first kappa shape index (κ1) is 16.2. The van der Waals surface area contributed by atoms with Crippen LogP contribution in [0.4, 0.5) is 5.82 Å². The standard InChI is InChI=1S/C15H18N6S3/c1-10(14-16-3-8-23-14)20-4-6-21(7-5-20)13-11-12(17-9-18-13)19-15(22-2)24-11/h3,8-10H,4-7H2,1-2H3. The number of nitrogens with zero attached hydrogens (tertiary/aromatic N) is 6. The van der Waals surface area contributed by atoms with Crippen molar-refractivity contribution in [3.05, 3.63) is 22.9 Å². The number of anilines is 1. The maximum absolute atomic E-state index is 4.55. The molecule has 1 aliphatic heterocycles. The molecular formula is C15H18N6S3. The van der Waals surface area contributed by atoms with Crippen LogP contribution in [0.1, 0.15) is 18.0 Å². The van der Waals surface area contributed by atoms with Crippen LogP contribution < -0.4 is 4.90 Å². The van der Waals surface area contributed by atoms with E-state index in [4.69, 9.17) is 0 Å². The van der Waals surface area contributed by atoms with E-state index in [1.54, 1.807) is 40.8 Å². The molecule has 0 amide bonds. The lowest BCUT2D eigenvalue weighted by molar-refractivity contribution is 0.198. The van der Waals surface area contributed by atoms with Crippen LogP contribution >= 0.6 is 34.4 Å². The van der Waals surface area contributed by atoms with Crippen molar-refractivity contribution < 1.29 is 0 Å². The molecule has 1 unspecified atom stereocenters. The van der Waals surface area contributed by atoms with Crippen molar-refractivity contribution in [2.24, 2.45) is 0 Å². The van der Waals surface area contributed by atoms with Crippen LogP contribution in [0.2, 0.25) is 0 Å². The highest BCUT2D eigenvalue weighted by Gasteiger charge is 2.25. The van der Waals surface area contributed by atoms with Crippen LogP contribution in [0.3, 0.4) is 0 Å². The fourth-order valence-electron chi connectivity index (χ4n) is 2.95. The molecule has 24 heavy (non-hydrogen) atoms. The Balaban J connectivity index is 1.51. The molecule has 0 saturated carbocycles.